The highest BCUT2D eigenvalue weighted by Crippen LogP contribution is 2.28. The van der Waals surface area contributed by atoms with Gasteiger partial charge < -0.3 is 10.7 Å². The van der Waals surface area contributed by atoms with Crippen molar-refractivity contribution < 1.29 is 4.79 Å². The van der Waals surface area contributed by atoms with Gasteiger partial charge in [0.2, 0.25) is 0 Å². The molecule has 5 heteroatoms. The maximum atomic E-state index is 12.7. The van der Waals surface area contributed by atoms with E-state index >= 15 is 0 Å². The molecule has 20 heavy (non-hydrogen) atoms. The monoisotopic (exact) mass is 285 g/mol. The lowest BCUT2D eigenvalue weighted by Crippen LogP contribution is -2.04. The molecule has 3 aromatic rings. The third kappa shape index (κ3) is 1.94. The summed E-state index contributed by atoms with van der Waals surface area (Å²) in [7, 11) is 0. The second-order valence-electron chi connectivity index (χ2n) is 4.62. The first-order chi connectivity index (χ1) is 9.58. The zero-order valence-corrected chi connectivity index (χ0v) is 11.5. The summed E-state index contributed by atoms with van der Waals surface area (Å²) in [6.07, 6.45) is 3.23. The van der Waals surface area contributed by atoms with E-state index in [1.807, 2.05) is 13.0 Å². The molecule has 0 spiro atoms. The van der Waals surface area contributed by atoms with Crippen LogP contribution in [0.2, 0.25) is 5.02 Å². The normalized spacial score (nSPS) is 10.9. The number of ketones is 1. The van der Waals surface area contributed by atoms with Crippen molar-refractivity contribution in [3.05, 3.63) is 58.4 Å². The van der Waals surface area contributed by atoms with Gasteiger partial charge in [0, 0.05) is 29.0 Å². The molecule has 3 N–H and O–H groups in total. The van der Waals surface area contributed by atoms with Crippen molar-refractivity contribution >= 4 is 34.1 Å². The number of anilines is 1. The molecule has 0 saturated carbocycles. The fraction of sp³-hybridized carbons (Fsp3) is 0.0667. The highest BCUT2D eigenvalue weighted by molar-refractivity contribution is 6.37. The highest BCUT2D eigenvalue weighted by atomic mass is 35.5. The zero-order valence-electron chi connectivity index (χ0n) is 10.8. The lowest BCUT2D eigenvalue weighted by atomic mass is 9.98. The Bertz CT molecular complexity index is 823. The van der Waals surface area contributed by atoms with Crippen LogP contribution in [0.3, 0.4) is 0 Å². The molecule has 0 aliphatic carbocycles. The van der Waals surface area contributed by atoms with Gasteiger partial charge in [0.25, 0.3) is 0 Å². The molecule has 0 aliphatic heterocycles. The van der Waals surface area contributed by atoms with Crippen molar-refractivity contribution in [3.63, 3.8) is 0 Å². The smallest absolute Gasteiger partial charge is 0.195 e. The van der Waals surface area contributed by atoms with Crippen LogP contribution in [-0.2, 0) is 0 Å². The van der Waals surface area contributed by atoms with Crippen LogP contribution < -0.4 is 5.73 Å². The van der Waals surface area contributed by atoms with Gasteiger partial charge in [0.1, 0.15) is 5.65 Å². The van der Waals surface area contributed by atoms with Gasteiger partial charge in [-0.3, -0.25) is 4.79 Å². The number of hydrogen-bond donors (Lipinski definition) is 2. The number of fused-ring (bicyclic) bond motifs is 1. The molecule has 4 nitrogen and oxygen atoms in total. The summed E-state index contributed by atoms with van der Waals surface area (Å²) >= 11 is 6.17. The number of carbonyl (C=O) groups excluding carboxylic acids is 1. The van der Waals surface area contributed by atoms with Gasteiger partial charge in [-0.2, -0.15) is 0 Å². The van der Waals surface area contributed by atoms with Crippen LogP contribution in [-0.4, -0.2) is 15.8 Å². The zero-order chi connectivity index (χ0) is 14.3. The van der Waals surface area contributed by atoms with Crippen molar-refractivity contribution in [2.75, 3.05) is 5.73 Å². The van der Waals surface area contributed by atoms with E-state index in [0.29, 0.717) is 32.9 Å². The maximum absolute atomic E-state index is 12.7. The minimum absolute atomic E-state index is 0.115. The molecule has 1 aromatic carbocycles. The quantitative estimate of drug-likeness (QED) is 0.560. The number of nitrogens with one attached hydrogen (secondary N) is 1. The number of benzene rings is 1. The first-order valence-electron chi connectivity index (χ1n) is 6.10. The van der Waals surface area contributed by atoms with Gasteiger partial charge in [0.05, 0.1) is 10.6 Å². The Balaban J connectivity index is 2.21. The molecule has 2 aromatic heterocycles. The molecule has 0 fully saturated rings. The lowest BCUT2D eigenvalue weighted by Gasteiger charge is -2.06. The molecular weight excluding hydrogens is 274 g/mol. The summed E-state index contributed by atoms with van der Waals surface area (Å²) in [5, 5.41) is 1.14. The van der Waals surface area contributed by atoms with Crippen LogP contribution in [0.15, 0.2) is 36.7 Å². The fourth-order valence-corrected chi connectivity index (χ4v) is 2.47. The van der Waals surface area contributed by atoms with Crippen LogP contribution in [0.1, 0.15) is 21.5 Å². The van der Waals surface area contributed by atoms with E-state index in [2.05, 4.69) is 9.97 Å². The number of nitrogen functional groups attached to an aromatic ring is 1. The van der Waals surface area contributed by atoms with Gasteiger partial charge >= 0.3 is 0 Å². The predicted octanol–water partition coefficient (Wildman–Crippen LogP) is 3.34. The second kappa shape index (κ2) is 4.65. The van der Waals surface area contributed by atoms with Crippen molar-refractivity contribution in [3.8, 4) is 0 Å². The minimum Gasteiger partial charge on any atom is -0.399 e. The Labute approximate surface area is 120 Å². The van der Waals surface area contributed by atoms with Crippen LogP contribution in [0.25, 0.3) is 11.0 Å². The van der Waals surface area contributed by atoms with Gasteiger partial charge in [-0.15, -0.1) is 0 Å². The maximum Gasteiger partial charge on any atom is 0.195 e. The lowest BCUT2D eigenvalue weighted by molar-refractivity contribution is 0.104. The van der Waals surface area contributed by atoms with Gasteiger partial charge in [-0.25, -0.2) is 4.98 Å². The Kier molecular flexibility index (Phi) is 2.95. The van der Waals surface area contributed by atoms with E-state index in [1.54, 1.807) is 30.6 Å². The Morgan fingerprint density at radius 2 is 2.10 bits per heavy atom. The second-order valence-corrected chi connectivity index (χ2v) is 5.03. The average molecular weight is 286 g/mol. The highest BCUT2D eigenvalue weighted by Gasteiger charge is 2.18. The van der Waals surface area contributed by atoms with E-state index in [4.69, 9.17) is 17.3 Å². The summed E-state index contributed by atoms with van der Waals surface area (Å²) in [6.45, 7) is 1.88. The number of aromatic nitrogens is 2. The molecule has 100 valence electrons. The SMILES string of the molecule is Cc1ccc(N)cc1C(=O)c1c[nH]c2nccc(Cl)c12. The average Bonchev–Trinajstić information content (AvgIpc) is 2.86. The number of aromatic amines is 1. The fourth-order valence-electron chi connectivity index (χ4n) is 2.22. The first-order valence-corrected chi connectivity index (χ1v) is 6.48. The molecular formula is C15H12ClN3O. The number of pyridine rings is 1. The molecule has 0 radical (unpaired) electrons. The third-order valence-corrected chi connectivity index (χ3v) is 3.59. The van der Waals surface area contributed by atoms with Crippen LogP contribution in [0.5, 0.6) is 0 Å². The van der Waals surface area contributed by atoms with E-state index < -0.39 is 0 Å². The van der Waals surface area contributed by atoms with Crippen LogP contribution >= 0.6 is 11.6 Å². The Morgan fingerprint density at radius 3 is 2.90 bits per heavy atom. The summed E-state index contributed by atoms with van der Waals surface area (Å²) in [6, 6.07) is 6.95. The van der Waals surface area contributed by atoms with E-state index in [-0.39, 0.29) is 5.78 Å². The van der Waals surface area contributed by atoms with Crippen LogP contribution in [0.4, 0.5) is 5.69 Å². The van der Waals surface area contributed by atoms with E-state index in [1.165, 1.54) is 0 Å². The molecule has 0 saturated heterocycles. The number of hydrogen-bond acceptors (Lipinski definition) is 3. The molecule has 0 aliphatic rings. The predicted molar refractivity (Wildman–Crippen MR) is 80.1 cm³/mol. The van der Waals surface area contributed by atoms with E-state index in [0.717, 1.165) is 5.56 Å². The van der Waals surface area contributed by atoms with Crippen molar-refractivity contribution in [1.82, 2.24) is 9.97 Å². The number of rotatable bonds is 2. The Hall–Kier alpha value is -2.33. The molecule has 0 bridgehead atoms. The molecule has 3 rings (SSSR count). The number of nitrogens with zero attached hydrogens (tertiary/aromatic N) is 1. The number of H-pyrrole nitrogens is 1. The number of carbonyl (C=O) groups is 1. The summed E-state index contributed by atoms with van der Waals surface area (Å²) in [5.74, 6) is -0.115. The molecule has 0 amide bonds. The van der Waals surface area contributed by atoms with Crippen molar-refractivity contribution in [2.24, 2.45) is 0 Å². The van der Waals surface area contributed by atoms with Gasteiger partial charge in [0.15, 0.2) is 5.78 Å². The number of halogens is 1. The molecule has 0 unspecified atom stereocenters. The van der Waals surface area contributed by atoms with Gasteiger partial charge in [-0.1, -0.05) is 17.7 Å². The number of nitrogens with two attached hydrogens (primary N) is 1. The summed E-state index contributed by atoms with van der Waals surface area (Å²) in [5.41, 5.74) is 8.88. The van der Waals surface area contributed by atoms with Crippen molar-refractivity contribution in [2.45, 2.75) is 6.92 Å². The van der Waals surface area contributed by atoms with Crippen molar-refractivity contribution in [1.29, 1.82) is 0 Å². The minimum atomic E-state index is -0.115. The van der Waals surface area contributed by atoms with Crippen LogP contribution in [0, 0.1) is 6.92 Å². The van der Waals surface area contributed by atoms with E-state index in [9.17, 15) is 4.79 Å². The summed E-state index contributed by atoms with van der Waals surface area (Å²) in [4.78, 5) is 19.8. The number of aryl methyl sites for hydroxylation is 1. The Morgan fingerprint density at radius 1 is 1.30 bits per heavy atom. The summed E-state index contributed by atoms with van der Waals surface area (Å²) < 4.78 is 0. The molecule has 0 atom stereocenters. The third-order valence-electron chi connectivity index (χ3n) is 3.27. The molecule has 2 heterocycles. The standard InChI is InChI=1S/C15H12ClN3O/c1-8-2-3-9(17)6-10(8)14(20)11-7-19-15-13(11)12(16)4-5-18-15/h2-7H,17H2,1H3,(H,18,19). The first kappa shape index (κ1) is 12.7. The largest absolute Gasteiger partial charge is 0.399 e. The topological polar surface area (TPSA) is 71.8 Å². The van der Waals surface area contributed by atoms with Gasteiger partial charge in [-0.05, 0) is 30.7 Å².